The van der Waals surface area contributed by atoms with Crippen LogP contribution in [0, 0.1) is 12.3 Å². The monoisotopic (exact) mass is 275 g/mol. The minimum atomic E-state index is 0.110. The summed E-state index contributed by atoms with van der Waals surface area (Å²) in [7, 11) is 1.66. The molecule has 3 nitrogen and oxygen atoms in total. The van der Waals surface area contributed by atoms with E-state index in [1.807, 2.05) is 25.1 Å². The van der Waals surface area contributed by atoms with Crippen LogP contribution < -0.4 is 10.1 Å². The molecule has 3 heteroatoms. The van der Waals surface area contributed by atoms with Crippen molar-refractivity contribution >= 4 is 5.91 Å². The lowest BCUT2D eigenvalue weighted by Gasteiger charge is -2.18. The van der Waals surface area contributed by atoms with E-state index < -0.39 is 0 Å². The van der Waals surface area contributed by atoms with Gasteiger partial charge in [0, 0.05) is 6.04 Å². The molecule has 0 heterocycles. The number of carbonyl (C=O) groups is 1. The molecule has 1 N–H and O–H groups in total. The molecule has 0 radical (unpaired) electrons. The van der Waals surface area contributed by atoms with Crippen LogP contribution in [0.2, 0.25) is 0 Å². The highest BCUT2D eigenvalue weighted by Gasteiger charge is 2.31. The van der Waals surface area contributed by atoms with Crippen molar-refractivity contribution in [3.8, 4) is 5.75 Å². The summed E-state index contributed by atoms with van der Waals surface area (Å²) in [5.74, 6) is 0.955. The van der Waals surface area contributed by atoms with Crippen LogP contribution in [0.15, 0.2) is 18.2 Å². The van der Waals surface area contributed by atoms with Gasteiger partial charge in [0.2, 0.25) is 5.91 Å². The predicted molar refractivity (Wildman–Crippen MR) is 81.0 cm³/mol. The van der Waals surface area contributed by atoms with Crippen LogP contribution in [0.4, 0.5) is 0 Å². The van der Waals surface area contributed by atoms with Gasteiger partial charge in [-0.25, -0.2) is 0 Å². The number of amides is 1. The van der Waals surface area contributed by atoms with E-state index in [2.05, 4.69) is 19.2 Å². The van der Waals surface area contributed by atoms with Gasteiger partial charge in [-0.3, -0.25) is 4.79 Å². The molecule has 0 spiro atoms. The second-order valence-electron chi connectivity index (χ2n) is 6.65. The molecule has 0 aromatic heterocycles. The van der Waals surface area contributed by atoms with Gasteiger partial charge in [-0.1, -0.05) is 26.0 Å². The van der Waals surface area contributed by atoms with Crippen molar-refractivity contribution in [1.29, 1.82) is 0 Å². The smallest absolute Gasteiger partial charge is 0.224 e. The fourth-order valence-corrected chi connectivity index (χ4v) is 3.00. The Kier molecular flexibility index (Phi) is 4.36. The molecule has 2 rings (SSSR count). The summed E-state index contributed by atoms with van der Waals surface area (Å²) in [6.45, 7) is 6.54. The van der Waals surface area contributed by atoms with Gasteiger partial charge in [0.05, 0.1) is 13.5 Å². The summed E-state index contributed by atoms with van der Waals surface area (Å²) in [5, 5.41) is 3.16. The highest BCUT2D eigenvalue weighted by atomic mass is 16.5. The molecule has 1 atom stereocenters. The summed E-state index contributed by atoms with van der Waals surface area (Å²) in [4.78, 5) is 12.1. The maximum Gasteiger partial charge on any atom is 0.224 e. The average molecular weight is 275 g/mol. The number of nitrogens with one attached hydrogen (secondary N) is 1. The molecule has 1 aliphatic rings. The van der Waals surface area contributed by atoms with Crippen molar-refractivity contribution in [3.05, 3.63) is 29.3 Å². The van der Waals surface area contributed by atoms with Gasteiger partial charge < -0.3 is 10.1 Å². The van der Waals surface area contributed by atoms with Crippen LogP contribution in [0.25, 0.3) is 0 Å². The Morgan fingerprint density at radius 2 is 2.20 bits per heavy atom. The molecule has 1 fully saturated rings. The molecule has 0 bridgehead atoms. The lowest BCUT2D eigenvalue weighted by Crippen LogP contribution is -2.34. The Bertz CT molecular complexity index is 494. The molecule has 0 saturated heterocycles. The van der Waals surface area contributed by atoms with Crippen molar-refractivity contribution in [2.45, 2.75) is 52.5 Å². The number of carbonyl (C=O) groups excluding carboxylic acids is 1. The number of rotatable bonds is 4. The fraction of sp³-hybridized carbons (Fsp3) is 0.588. The molecular weight excluding hydrogens is 250 g/mol. The van der Waals surface area contributed by atoms with E-state index in [9.17, 15) is 4.79 Å². The van der Waals surface area contributed by atoms with E-state index in [0.29, 0.717) is 17.9 Å². The molecule has 0 aliphatic heterocycles. The largest absolute Gasteiger partial charge is 0.496 e. The topological polar surface area (TPSA) is 38.3 Å². The molecule has 1 aliphatic carbocycles. The Hall–Kier alpha value is -1.51. The number of methoxy groups -OCH3 is 1. The van der Waals surface area contributed by atoms with Crippen molar-refractivity contribution in [2.75, 3.05) is 7.11 Å². The lowest BCUT2D eigenvalue weighted by molar-refractivity contribution is -0.121. The zero-order valence-corrected chi connectivity index (χ0v) is 13.0. The SMILES string of the molecule is COc1cc(CC(=O)NC2CCC(C)(C)C2)ccc1C. The van der Waals surface area contributed by atoms with Gasteiger partial charge in [-0.2, -0.15) is 0 Å². The van der Waals surface area contributed by atoms with Crippen molar-refractivity contribution < 1.29 is 9.53 Å². The highest BCUT2D eigenvalue weighted by Crippen LogP contribution is 2.36. The predicted octanol–water partition coefficient (Wildman–Crippen LogP) is 3.24. The molecule has 1 saturated carbocycles. The molecular formula is C17H25NO2. The Balaban J connectivity index is 1.92. The molecule has 110 valence electrons. The van der Waals surface area contributed by atoms with Crippen LogP contribution in [-0.4, -0.2) is 19.1 Å². The van der Waals surface area contributed by atoms with E-state index in [4.69, 9.17) is 4.74 Å². The third-order valence-electron chi connectivity index (χ3n) is 4.17. The van der Waals surface area contributed by atoms with Crippen LogP contribution in [-0.2, 0) is 11.2 Å². The molecule has 1 unspecified atom stereocenters. The quantitative estimate of drug-likeness (QED) is 0.916. The standard InChI is InChI=1S/C17H25NO2/c1-12-5-6-13(9-15(12)20-4)10-16(19)18-14-7-8-17(2,3)11-14/h5-6,9,14H,7-8,10-11H2,1-4H3,(H,18,19). The second-order valence-corrected chi connectivity index (χ2v) is 6.65. The first-order valence-electron chi connectivity index (χ1n) is 7.32. The van der Waals surface area contributed by atoms with Crippen molar-refractivity contribution in [2.24, 2.45) is 5.41 Å². The number of hydrogen-bond acceptors (Lipinski definition) is 2. The summed E-state index contributed by atoms with van der Waals surface area (Å²) in [5.41, 5.74) is 2.46. The van der Waals surface area contributed by atoms with Crippen molar-refractivity contribution in [1.82, 2.24) is 5.32 Å². The van der Waals surface area contributed by atoms with Gasteiger partial charge >= 0.3 is 0 Å². The first-order valence-corrected chi connectivity index (χ1v) is 7.32. The Morgan fingerprint density at radius 3 is 2.80 bits per heavy atom. The van der Waals surface area contributed by atoms with Gasteiger partial charge in [-0.15, -0.1) is 0 Å². The first-order chi connectivity index (χ1) is 9.39. The van der Waals surface area contributed by atoms with Crippen LogP contribution in [0.1, 0.15) is 44.2 Å². The van der Waals surface area contributed by atoms with Gasteiger partial charge in [0.15, 0.2) is 0 Å². The molecule has 1 aromatic rings. The van der Waals surface area contributed by atoms with Gasteiger partial charge in [0.25, 0.3) is 0 Å². The van der Waals surface area contributed by atoms with E-state index in [0.717, 1.165) is 29.7 Å². The maximum atomic E-state index is 12.1. The number of hydrogen-bond donors (Lipinski definition) is 1. The van der Waals surface area contributed by atoms with E-state index in [1.165, 1.54) is 6.42 Å². The van der Waals surface area contributed by atoms with Gasteiger partial charge in [0.1, 0.15) is 5.75 Å². The van der Waals surface area contributed by atoms with Crippen LogP contribution >= 0.6 is 0 Å². The zero-order chi connectivity index (χ0) is 14.8. The summed E-state index contributed by atoms with van der Waals surface area (Å²) < 4.78 is 5.30. The Labute approximate surface area is 121 Å². The second kappa shape index (κ2) is 5.86. The maximum absolute atomic E-state index is 12.1. The first kappa shape index (κ1) is 14.9. The number of ether oxygens (including phenoxy) is 1. The third-order valence-corrected chi connectivity index (χ3v) is 4.17. The van der Waals surface area contributed by atoms with Crippen molar-refractivity contribution in [3.63, 3.8) is 0 Å². The van der Waals surface area contributed by atoms with Crippen LogP contribution in [0.3, 0.4) is 0 Å². The van der Waals surface area contributed by atoms with E-state index in [-0.39, 0.29) is 5.91 Å². The number of aryl methyl sites for hydroxylation is 1. The minimum Gasteiger partial charge on any atom is -0.496 e. The molecule has 20 heavy (non-hydrogen) atoms. The summed E-state index contributed by atoms with van der Waals surface area (Å²) in [6, 6.07) is 6.29. The third kappa shape index (κ3) is 3.75. The minimum absolute atomic E-state index is 0.110. The van der Waals surface area contributed by atoms with Crippen LogP contribution in [0.5, 0.6) is 5.75 Å². The fourth-order valence-electron chi connectivity index (χ4n) is 3.00. The summed E-state index contributed by atoms with van der Waals surface area (Å²) >= 11 is 0. The molecule has 1 amide bonds. The zero-order valence-electron chi connectivity index (χ0n) is 13.0. The van der Waals surface area contributed by atoms with E-state index >= 15 is 0 Å². The average Bonchev–Trinajstić information content (AvgIpc) is 2.71. The molecule has 1 aromatic carbocycles. The van der Waals surface area contributed by atoms with E-state index in [1.54, 1.807) is 7.11 Å². The van der Waals surface area contributed by atoms with Gasteiger partial charge in [-0.05, 0) is 48.8 Å². The normalized spacial score (nSPS) is 20.7. The lowest BCUT2D eigenvalue weighted by atomic mass is 9.92. The Morgan fingerprint density at radius 1 is 1.45 bits per heavy atom. The number of benzene rings is 1. The highest BCUT2D eigenvalue weighted by molar-refractivity contribution is 5.79. The summed E-state index contributed by atoms with van der Waals surface area (Å²) in [6.07, 6.45) is 3.79.